The van der Waals surface area contributed by atoms with Gasteiger partial charge in [0.15, 0.2) is 0 Å². The zero-order valence-electron chi connectivity index (χ0n) is 13.1. The molecule has 4 N–H and O–H groups in total. The van der Waals surface area contributed by atoms with Gasteiger partial charge in [-0.15, -0.1) is 0 Å². The monoisotopic (exact) mass is 346 g/mol. The van der Waals surface area contributed by atoms with Crippen molar-refractivity contribution in [3.8, 4) is 0 Å². The summed E-state index contributed by atoms with van der Waals surface area (Å²) in [5.74, 6) is 0.693. The third-order valence-corrected chi connectivity index (χ3v) is 4.37. The summed E-state index contributed by atoms with van der Waals surface area (Å²) >= 11 is 1.50. The number of urea groups is 1. The van der Waals surface area contributed by atoms with Gasteiger partial charge in [0.2, 0.25) is 0 Å². The number of carbonyl (C=O) groups is 1. The molecule has 2 aromatic heterocycles. The molecule has 0 radical (unpaired) electrons. The maximum atomic E-state index is 12.0. The highest BCUT2D eigenvalue weighted by molar-refractivity contribution is 7.08. The van der Waals surface area contributed by atoms with Gasteiger partial charge >= 0.3 is 6.03 Å². The Morgan fingerprint density at radius 1 is 1.25 bits per heavy atom. The van der Waals surface area contributed by atoms with E-state index >= 15 is 0 Å². The number of amides is 2. The predicted octanol–water partition coefficient (Wildman–Crippen LogP) is 2.58. The molecule has 0 saturated carbocycles. The van der Waals surface area contributed by atoms with E-state index in [0.717, 1.165) is 11.2 Å². The van der Waals surface area contributed by atoms with Crippen molar-refractivity contribution in [2.45, 2.75) is 13.0 Å². The number of fused-ring (bicyclic) bond motifs is 1. The first kappa shape index (κ1) is 16.4. The maximum Gasteiger partial charge on any atom is 0.323 e. The van der Waals surface area contributed by atoms with E-state index < -0.39 is 6.04 Å². The fourth-order valence-electron chi connectivity index (χ4n) is 2.61. The number of hydrogen-bond donors (Lipinski definition) is 4. The SMILES string of the molecule is Cc1nc2cc(NC(=O)Nc3ccsc3)ccc2n1C(CO)CO. The number of carbonyl (C=O) groups excluding carboxylic acids is 1. The second-order valence-electron chi connectivity index (χ2n) is 5.34. The highest BCUT2D eigenvalue weighted by Gasteiger charge is 2.16. The zero-order chi connectivity index (χ0) is 17.1. The average Bonchev–Trinajstić information content (AvgIpc) is 3.16. The number of aliphatic hydroxyl groups is 2. The molecular formula is C16H18N4O3S. The first-order valence-electron chi connectivity index (χ1n) is 7.43. The van der Waals surface area contributed by atoms with E-state index in [1.54, 1.807) is 16.7 Å². The number of thiophene rings is 1. The van der Waals surface area contributed by atoms with Gasteiger partial charge < -0.3 is 25.4 Å². The smallest absolute Gasteiger partial charge is 0.323 e. The Bertz CT molecular complexity index is 841. The Kier molecular flexibility index (Phi) is 4.79. The van der Waals surface area contributed by atoms with Crippen LogP contribution in [0.25, 0.3) is 11.0 Å². The van der Waals surface area contributed by atoms with Crippen LogP contribution in [0.3, 0.4) is 0 Å². The molecule has 0 bridgehead atoms. The number of hydrogen-bond acceptors (Lipinski definition) is 5. The average molecular weight is 346 g/mol. The van der Waals surface area contributed by atoms with Crippen molar-refractivity contribution in [1.82, 2.24) is 9.55 Å². The molecule has 2 heterocycles. The summed E-state index contributed by atoms with van der Waals surface area (Å²) in [6.45, 7) is 1.46. The van der Waals surface area contributed by atoms with Crippen LogP contribution < -0.4 is 10.6 Å². The van der Waals surface area contributed by atoms with Crippen molar-refractivity contribution < 1.29 is 15.0 Å². The Morgan fingerprint density at radius 2 is 2.00 bits per heavy atom. The molecule has 2 amide bonds. The topological polar surface area (TPSA) is 99.4 Å². The van der Waals surface area contributed by atoms with Crippen LogP contribution in [-0.4, -0.2) is 39.0 Å². The fraction of sp³-hybridized carbons (Fsp3) is 0.250. The van der Waals surface area contributed by atoms with E-state index in [-0.39, 0.29) is 19.2 Å². The van der Waals surface area contributed by atoms with Crippen molar-refractivity contribution in [2.75, 3.05) is 23.8 Å². The van der Waals surface area contributed by atoms with Crippen molar-refractivity contribution in [3.63, 3.8) is 0 Å². The van der Waals surface area contributed by atoms with Gasteiger partial charge in [0.25, 0.3) is 0 Å². The van der Waals surface area contributed by atoms with Crippen molar-refractivity contribution in [1.29, 1.82) is 0 Å². The summed E-state index contributed by atoms with van der Waals surface area (Å²) < 4.78 is 1.80. The summed E-state index contributed by atoms with van der Waals surface area (Å²) in [5, 5.41) is 28.0. The van der Waals surface area contributed by atoms with Gasteiger partial charge in [0.05, 0.1) is 36.0 Å². The normalized spacial score (nSPS) is 11.2. The van der Waals surface area contributed by atoms with Gasteiger partial charge in [-0.05, 0) is 36.6 Å². The van der Waals surface area contributed by atoms with Crippen LogP contribution >= 0.6 is 11.3 Å². The molecule has 0 aliphatic rings. The number of imidazole rings is 1. The third-order valence-electron chi connectivity index (χ3n) is 3.69. The fourth-order valence-corrected chi connectivity index (χ4v) is 3.20. The summed E-state index contributed by atoms with van der Waals surface area (Å²) in [7, 11) is 0. The lowest BCUT2D eigenvalue weighted by atomic mass is 10.2. The summed E-state index contributed by atoms with van der Waals surface area (Å²) in [6.07, 6.45) is 0. The second kappa shape index (κ2) is 7.00. The molecule has 3 aromatic rings. The molecule has 1 aromatic carbocycles. The number of aromatic nitrogens is 2. The van der Waals surface area contributed by atoms with E-state index in [9.17, 15) is 15.0 Å². The molecule has 0 saturated heterocycles. The van der Waals surface area contributed by atoms with Crippen LogP contribution in [0.15, 0.2) is 35.0 Å². The van der Waals surface area contributed by atoms with Gasteiger partial charge in [-0.1, -0.05) is 0 Å². The third kappa shape index (κ3) is 3.25. The first-order chi connectivity index (χ1) is 11.6. The Morgan fingerprint density at radius 3 is 2.67 bits per heavy atom. The lowest BCUT2D eigenvalue weighted by Crippen LogP contribution is -2.19. The minimum atomic E-state index is -0.435. The molecule has 0 spiro atoms. The predicted molar refractivity (Wildman–Crippen MR) is 94.6 cm³/mol. The molecule has 8 heteroatoms. The molecule has 126 valence electrons. The number of aliphatic hydroxyl groups excluding tert-OH is 2. The molecule has 0 unspecified atom stereocenters. The van der Waals surface area contributed by atoms with Gasteiger partial charge in [0.1, 0.15) is 5.82 Å². The number of rotatable bonds is 5. The minimum absolute atomic E-state index is 0.175. The molecule has 0 atom stereocenters. The molecule has 24 heavy (non-hydrogen) atoms. The van der Waals surface area contributed by atoms with E-state index in [0.29, 0.717) is 17.0 Å². The maximum absolute atomic E-state index is 12.0. The Balaban J connectivity index is 1.83. The number of nitrogens with one attached hydrogen (secondary N) is 2. The van der Waals surface area contributed by atoms with E-state index in [1.807, 2.05) is 29.8 Å². The van der Waals surface area contributed by atoms with Crippen molar-refractivity contribution >= 4 is 39.8 Å². The summed E-state index contributed by atoms with van der Waals surface area (Å²) in [5.41, 5.74) is 2.84. The van der Waals surface area contributed by atoms with Gasteiger partial charge in [-0.2, -0.15) is 11.3 Å². The molecule has 0 aliphatic heterocycles. The number of anilines is 2. The van der Waals surface area contributed by atoms with Gasteiger partial charge in [0, 0.05) is 11.1 Å². The number of nitrogens with zero attached hydrogens (tertiary/aromatic N) is 2. The number of aryl methyl sites for hydroxylation is 1. The van der Waals surface area contributed by atoms with Gasteiger partial charge in [-0.25, -0.2) is 9.78 Å². The largest absolute Gasteiger partial charge is 0.394 e. The quantitative estimate of drug-likeness (QED) is 0.570. The van der Waals surface area contributed by atoms with E-state index in [1.165, 1.54) is 11.3 Å². The van der Waals surface area contributed by atoms with Crippen LogP contribution in [0.1, 0.15) is 11.9 Å². The van der Waals surface area contributed by atoms with E-state index in [2.05, 4.69) is 15.6 Å². The van der Waals surface area contributed by atoms with E-state index in [4.69, 9.17) is 0 Å². The standard InChI is InChI=1S/C16H18N4O3S/c1-10-17-14-6-11(18-16(23)19-12-4-5-24-9-12)2-3-15(14)20(10)13(7-21)8-22/h2-6,9,13,21-22H,7-8H2,1H3,(H2,18,19,23). The second-order valence-corrected chi connectivity index (χ2v) is 6.12. The Hall–Kier alpha value is -2.42. The summed E-state index contributed by atoms with van der Waals surface area (Å²) in [4.78, 5) is 16.4. The lowest BCUT2D eigenvalue weighted by Gasteiger charge is -2.16. The summed E-state index contributed by atoms with van der Waals surface area (Å²) in [6, 6.07) is 6.40. The number of benzene rings is 1. The first-order valence-corrected chi connectivity index (χ1v) is 8.37. The molecule has 7 nitrogen and oxygen atoms in total. The highest BCUT2D eigenvalue weighted by Crippen LogP contribution is 2.24. The molecular weight excluding hydrogens is 328 g/mol. The minimum Gasteiger partial charge on any atom is -0.394 e. The molecule has 0 fully saturated rings. The van der Waals surface area contributed by atoms with Crippen LogP contribution in [0.4, 0.5) is 16.2 Å². The Labute approximate surface area is 142 Å². The van der Waals surface area contributed by atoms with Crippen LogP contribution in [-0.2, 0) is 0 Å². The van der Waals surface area contributed by atoms with Gasteiger partial charge in [-0.3, -0.25) is 0 Å². The van der Waals surface area contributed by atoms with Crippen LogP contribution in [0, 0.1) is 6.92 Å². The highest BCUT2D eigenvalue weighted by atomic mass is 32.1. The molecule has 3 rings (SSSR count). The zero-order valence-corrected chi connectivity index (χ0v) is 13.9. The van der Waals surface area contributed by atoms with Crippen molar-refractivity contribution in [3.05, 3.63) is 40.8 Å². The van der Waals surface area contributed by atoms with Crippen molar-refractivity contribution in [2.24, 2.45) is 0 Å². The van der Waals surface area contributed by atoms with Crippen LogP contribution in [0.5, 0.6) is 0 Å². The van der Waals surface area contributed by atoms with Crippen LogP contribution in [0.2, 0.25) is 0 Å². The lowest BCUT2D eigenvalue weighted by molar-refractivity contribution is 0.155. The molecule has 0 aliphatic carbocycles.